The number of amides is 1. The molecule has 0 saturated carbocycles. The fourth-order valence-corrected chi connectivity index (χ4v) is 3.78. The number of aryl methyl sites for hydroxylation is 3. The topological polar surface area (TPSA) is 96.8 Å². The zero-order valence-electron chi connectivity index (χ0n) is 17.6. The Morgan fingerprint density at radius 3 is 2.70 bits per heavy atom. The number of piperidine rings is 1. The number of nitrogens with one attached hydrogen (secondary N) is 3. The Labute approximate surface area is 176 Å². The zero-order valence-corrected chi connectivity index (χ0v) is 17.6. The molecule has 1 aliphatic heterocycles. The standard InChI is InChI=1S/C22H27N7O/c1-14-9-15(2)11-17(10-14)26-22-24-8-6-18(27-22)19-12-20(29(3)28-19)21(30)25-16-5-4-7-23-13-16/h6,8-12,16,23H,4-5,7,13H2,1-3H3,(H,25,30)(H,24,26,27)/t16-/m0/s1. The van der Waals surface area contributed by atoms with E-state index in [-0.39, 0.29) is 11.9 Å². The third-order valence-electron chi connectivity index (χ3n) is 5.14. The van der Waals surface area contributed by atoms with Crippen LogP contribution in [-0.4, -0.2) is 44.8 Å². The summed E-state index contributed by atoms with van der Waals surface area (Å²) in [7, 11) is 1.77. The van der Waals surface area contributed by atoms with Gasteiger partial charge in [-0.05, 0) is 68.6 Å². The number of hydrogen-bond donors (Lipinski definition) is 3. The number of nitrogens with zero attached hydrogens (tertiary/aromatic N) is 4. The van der Waals surface area contributed by atoms with Crippen LogP contribution in [-0.2, 0) is 7.05 Å². The van der Waals surface area contributed by atoms with Crippen LogP contribution in [0.15, 0.2) is 36.5 Å². The van der Waals surface area contributed by atoms with Crippen molar-refractivity contribution in [2.45, 2.75) is 32.7 Å². The molecule has 1 amide bonds. The molecule has 30 heavy (non-hydrogen) atoms. The highest BCUT2D eigenvalue weighted by atomic mass is 16.2. The lowest BCUT2D eigenvalue weighted by Crippen LogP contribution is -2.46. The van der Waals surface area contributed by atoms with Gasteiger partial charge in [-0.25, -0.2) is 9.97 Å². The zero-order chi connectivity index (χ0) is 21.1. The molecule has 4 rings (SSSR count). The van der Waals surface area contributed by atoms with Gasteiger partial charge in [-0.1, -0.05) is 6.07 Å². The van der Waals surface area contributed by atoms with Crippen molar-refractivity contribution < 1.29 is 4.79 Å². The molecule has 1 aromatic carbocycles. The number of carbonyl (C=O) groups is 1. The second-order valence-corrected chi connectivity index (χ2v) is 7.82. The fourth-order valence-electron chi connectivity index (χ4n) is 3.78. The van der Waals surface area contributed by atoms with Crippen LogP contribution in [0.4, 0.5) is 11.6 Å². The minimum atomic E-state index is -0.118. The molecule has 3 N–H and O–H groups in total. The summed E-state index contributed by atoms with van der Waals surface area (Å²) in [5.41, 5.74) is 5.08. The van der Waals surface area contributed by atoms with E-state index in [4.69, 9.17) is 0 Å². The first kappa shape index (κ1) is 20.0. The number of carbonyl (C=O) groups excluding carboxylic acids is 1. The summed E-state index contributed by atoms with van der Waals surface area (Å²) in [4.78, 5) is 21.6. The normalized spacial score (nSPS) is 16.3. The Bertz CT molecular complexity index is 1030. The Kier molecular flexibility index (Phi) is 5.76. The maximum atomic E-state index is 12.7. The van der Waals surface area contributed by atoms with Crippen LogP contribution in [0.3, 0.4) is 0 Å². The minimum absolute atomic E-state index is 0.118. The van der Waals surface area contributed by atoms with Gasteiger partial charge in [0.1, 0.15) is 11.4 Å². The number of aromatic nitrogens is 4. The van der Waals surface area contributed by atoms with Crippen LogP contribution in [0.1, 0.15) is 34.5 Å². The maximum Gasteiger partial charge on any atom is 0.269 e. The predicted octanol–water partition coefficient (Wildman–Crippen LogP) is 2.72. The first-order valence-corrected chi connectivity index (χ1v) is 10.2. The van der Waals surface area contributed by atoms with E-state index >= 15 is 0 Å². The van der Waals surface area contributed by atoms with Crippen LogP contribution in [0.2, 0.25) is 0 Å². The van der Waals surface area contributed by atoms with Crippen molar-refractivity contribution in [1.29, 1.82) is 0 Å². The van der Waals surface area contributed by atoms with Crippen LogP contribution < -0.4 is 16.0 Å². The first-order chi connectivity index (χ1) is 14.5. The maximum absolute atomic E-state index is 12.7. The molecular weight excluding hydrogens is 378 g/mol. The molecule has 0 unspecified atom stereocenters. The Morgan fingerprint density at radius 1 is 1.17 bits per heavy atom. The van der Waals surface area contributed by atoms with Crippen LogP contribution >= 0.6 is 0 Å². The largest absolute Gasteiger partial charge is 0.347 e. The van der Waals surface area contributed by atoms with Crippen LogP contribution in [0, 0.1) is 13.8 Å². The quantitative estimate of drug-likeness (QED) is 0.604. The molecule has 3 aromatic rings. The fraction of sp³-hybridized carbons (Fsp3) is 0.364. The molecule has 1 atom stereocenters. The third-order valence-corrected chi connectivity index (χ3v) is 5.14. The average Bonchev–Trinajstić information content (AvgIpc) is 3.10. The van der Waals surface area contributed by atoms with Crippen molar-refractivity contribution in [1.82, 2.24) is 30.4 Å². The molecule has 156 valence electrons. The third kappa shape index (κ3) is 4.65. The van der Waals surface area contributed by atoms with Crippen molar-refractivity contribution in [2.24, 2.45) is 7.05 Å². The Hall–Kier alpha value is -3.26. The monoisotopic (exact) mass is 405 g/mol. The van der Waals surface area contributed by atoms with Gasteiger partial charge in [0.05, 0.1) is 5.69 Å². The molecule has 1 aliphatic rings. The van der Waals surface area contributed by atoms with Gasteiger partial charge < -0.3 is 16.0 Å². The molecule has 8 nitrogen and oxygen atoms in total. The van der Waals surface area contributed by atoms with Crippen LogP contribution in [0.5, 0.6) is 0 Å². The molecular formula is C22H27N7O. The van der Waals surface area contributed by atoms with Gasteiger partial charge in [0.25, 0.3) is 5.91 Å². The van der Waals surface area contributed by atoms with Gasteiger partial charge in [-0.15, -0.1) is 0 Å². The van der Waals surface area contributed by atoms with Crippen LogP contribution in [0.25, 0.3) is 11.4 Å². The van der Waals surface area contributed by atoms with E-state index in [0.29, 0.717) is 23.0 Å². The van der Waals surface area contributed by atoms with Crippen molar-refractivity contribution in [3.8, 4) is 11.4 Å². The summed E-state index contributed by atoms with van der Waals surface area (Å²) in [6.07, 6.45) is 3.75. The van der Waals surface area contributed by atoms with Gasteiger partial charge >= 0.3 is 0 Å². The summed E-state index contributed by atoms with van der Waals surface area (Å²) in [5, 5.41) is 14.1. The summed E-state index contributed by atoms with van der Waals surface area (Å²) in [5.74, 6) is 0.370. The molecule has 0 bridgehead atoms. The predicted molar refractivity (Wildman–Crippen MR) is 117 cm³/mol. The second-order valence-electron chi connectivity index (χ2n) is 7.82. The van der Waals surface area contributed by atoms with Gasteiger partial charge in [0.15, 0.2) is 0 Å². The van der Waals surface area contributed by atoms with E-state index in [1.807, 2.05) is 12.1 Å². The number of anilines is 2. The molecule has 1 saturated heterocycles. The first-order valence-electron chi connectivity index (χ1n) is 10.2. The van der Waals surface area contributed by atoms with E-state index in [2.05, 4.69) is 50.9 Å². The van der Waals surface area contributed by atoms with Crippen molar-refractivity contribution in [2.75, 3.05) is 18.4 Å². The minimum Gasteiger partial charge on any atom is -0.347 e. The van der Waals surface area contributed by atoms with E-state index in [1.165, 1.54) is 11.1 Å². The summed E-state index contributed by atoms with van der Waals surface area (Å²) >= 11 is 0. The summed E-state index contributed by atoms with van der Waals surface area (Å²) in [6, 6.07) is 9.93. The van der Waals surface area contributed by atoms with Crippen molar-refractivity contribution in [3.63, 3.8) is 0 Å². The lowest BCUT2D eigenvalue weighted by atomic mass is 10.1. The van der Waals surface area contributed by atoms with E-state index in [0.717, 1.165) is 31.6 Å². The van der Waals surface area contributed by atoms with E-state index in [9.17, 15) is 4.79 Å². The van der Waals surface area contributed by atoms with Crippen molar-refractivity contribution >= 4 is 17.5 Å². The molecule has 2 aromatic heterocycles. The van der Waals surface area contributed by atoms with Gasteiger partial charge in [0.2, 0.25) is 5.95 Å². The number of hydrogen-bond acceptors (Lipinski definition) is 6. The molecule has 0 radical (unpaired) electrons. The summed E-state index contributed by atoms with van der Waals surface area (Å²) in [6.45, 7) is 5.92. The number of rotatable bonds is 5. The second kappa shape index (κ2) is 8.62. The summed E-state index contributed by atoms with van der Waals surface area (Å²) < 4.78 is 1.60. The average molecular weight is 406 g/mol. The Morgan fingerprint density at radius 2 is 1.97 bits per heavy atom. The lowest BCUT2D eigenvalue weighted by molar-refractivity contribution is 0.0921. The molecule has 8 heteroatoms. The van der Waals surface area contributed by atoms with Gasteiger partial charge in [0, 0.05) is 31.5 Å². The molecule has 3 heterocycles. The Balaban J connectivity index is 1.52. The van der Waals surface area contributed by atoms with Crippen molar-refractivity contribution in [3.05, 3.63) is 53.3 Å². The van der Waals surface area contributed by atoms with Gasteiger partial charge in [-0.2, -0.15) is 5.10 Å². The van der Waals surface area contributed by atoms with E-state index in [1.54, 1.807) is 30.1 Å². The molecule has 0 aliphatic carbocycles. The van der Waals surface area contributed by atoms with E-state index < -0.39 is 0 Å². The molecule has 0 spiro atoms. The highest BCUT2D eigenvalue weighted by Gasteiger charge is 2.20. The van der Waals surface area contributed by atoms with Gasteiger partial charge in [-0.3, -0.25) is 9.48 Å². The number of benzene rings is 1. The SMILES string of the molecule is Cc1cc(C)cc(Nc2nccc(-c3cc(C(=O)N[C@H]4CCCNC4)n(C)n3)n2)c1. The highest BCUT2D eigenvalue weighted by Crippen LogP contribution is 2.21. The lowest BCUT2D eigenvalue weighted by Gasteiger charge is -2.23. The molecule has 1 fully saturated rings. The smallest absolute Gasteiger partial charge is 0.269 e. The highest BCUT2D eigenvalue weighted by molar-refractivity contribution is 5.93.